The fraction of sp³-hybridized carbons (Fsp3) is 0.167. The highest BCUT2D eigenvalue weighted by Crippen LogP contribution is 2.18. The molecule has 0 N–H and O–H groups in total. The van der Waals surface area contributed by atoms with Crippen LogP contribution in [0.25, 0.3) is 11.4 Å². The second kappa shape index (κ2) is 5.54. The number of aromatic nitrogens is 4. The van der Waals surface area contributed by atoms with Crippen molar-refractivity contribution in [1.29, 1.82) is 0 Å². The zero-order valence-corrected chi connectivity index (χ0v) is 10.7. The Morgan fingerprint density at radius 1 is 1.11 bits per heavy atom. The molecule has 0 unspecified atom stereocenters. The first-order valence-corrected chi connectivity index (χ1v) is 7.06. The lowest BCUT2D eigenvalue weighted by molar-refractivity contribution is 0.596. The van der Waals surface area contributed by atoms with Gasteiger partial charge in [0.25, 0.3) is 0 Å². The van der Waals surface area contributed by atoms with Crippen LogP contribution in [0.15, 0.2) is 35.5 Å². The minimum atomic E-state index is -3.34. The van der Waals surface area contributed by atoms with Crippen molar-refractivity contribution in [3.63, 3.8) is 0 Å². The Hall–Kier alpha value is -2.33. The summed E-state index contributed by atoms with van der Waals surface area (Å²) >= 11 is 0. The number of nitrogens with zero attached hydrogens (tertiary/aromatic N) is 4. The smallest absolute Gasteiger partial charge is 0.203 e. The second-order valence-corrected chi connectivity index (χ2v) is 5.78. The molecule has 0 aliphatic rings. The Bertz CT molecular complexity index is 691. The van der Waals surface area contributed by atoms with E-state index in [1.807, 2.05) is 0 Å². The molecule has 1 heterocycles. The van der Waals surface area contributed by atoms with Crippen LogP contribution >= 0.6 is 0 Å². The predicted octanol–water partition coefficient (Wildman–Crippen LogP) is 0.731. The SMILES string of the molecule is C#CCCS(=O)(=O)c1ccc(-c2nncnn2)cc1. The lowest BCUT2D eigenvalue weighted by Crippen LogP contribution is -2.06. The van der Waals surface area contributed by atoms with Crippen LogP contribution < -0.4 is 0 Å². The quantitative estimate of drug-likeness (QED) is 0.764. The van der Waals surface area contributed by atoms with Gasteiger partial charge in [-0.2, -0.15) is 0 Å². The van der Waals surface area contributed by atoms with Crippen LogP contribution in [0, 0.1) is 12.3 Å². The first-order chi connectivity index (χ1) is 9.13. The van der Waals surface area contributed by atoms with Gasteiger partial charge in [-0.3, -0.25) is 0 Å². The molecule has 96 valence electrons. The van der Waals surface area contributed by atoms with Gasteiger partial charge in [0.1, 0.15) is 0 Å². The van der Waals surface area contributed by atoms with Crippen molar-refractivity contribution in [1.82, 2.24) is 20.4 Å². The molecule has 1 aromatic carbocycles. The molecule has 19 heavy (non-hydrogen) atoms. The van der Waals surface area contributed by atoms with Crippen molar-refractivity contribution >= 4 is 9.84 Å². The zero-order valence-electron chi connectivity index (χ0n) is 9.89. The van der Waals surface area contributed by atoms with Crippen LogP contribution in [-0.4, -0.2) is 34.6 Å². The molecular formula is C12H10N4O2S. The van der Waals surface area contributed by atoms with Gasteiger partial charge in [-0.15, -0.1) is 32.7 Å². The molecule has 0 aliphatic heterocycles. The summed E-state index contributed by atoms with van der Waals surface area (Å²) in [6.07, 6.45) is 6.49. The van der Waals surface area contributed by atoms with Crippen LogP contribution in [0.2, 0.25) is 0 Å². The van der Waals surface area contributed by atoms with Gasteiger partial charge in [0.2, 0.25) is 5.82 Å². The van der Waals surface area contributed by atoms with Crippen molar-refractivity contribution in [2.75, 3.05) is 5.75 Å². The van der Waals surface area contributed by atoms with Crippen molar-refractivity contribution in [3.8, 4) is 23.7 Å². The van der Waals surface area contributed by atoms with E-state index < -0.39 is 9.84 Å². The lowest BCUT2D eigenvalue weighted by Gasteiger charge is -2.03. The number of rotatable bonds is 4. The maximum absolute atomic E-state index is 11.9. The summed E-state index contributed by atoms with van der Waals surface area (Å²) in [5.74, 6) is 2.60. The van der Waals surface area contributed by atoms with Gasteiger partial charge in [0.05, 0.1) is 10.6 Å². The van der Waals surface area contributed by atoms with Gasteiger partial charge < -0.3 is 0 Å². The average molecular weight is 274 g/mol. The number of terminal acetylenes is 1. The summed E-state index contributed by atoms with van der Waals surface area (Å²) < 4.78 is 23.8. The van der Waals surface area contributed by atoms with E-state index in [2.05, 4.69) is 26.3 Å². The third-order valence-electron chi connectivity index (χ3n) is 2.39. The molecule has 0 saturated carbocycles. The Morgan fingerprint density at radius 2 is 1.74 bits per heavy atom. The standard InChI is InChI=1S/C12H10N4O2S/c1-2-3-8-19(17,18)11-6-4-10(5-7-11)12-15-13-9-14-16-12/h1,4-7,9H,3,8H2. The van der Waals surface area contributed by atoms with E-state index in [0.717, 1.165) is 0 Å². The first kappa shape index (κ1) is 13.1. The molecule has 0 amide bonds. The van der Waals surface area contributed by atoms with Gasteiger partial charge in [-0.1, -0.05) is 0 Å². The molecule has 6 nitrogen and oxygen atoms in total. The largest absolute Gasteiger partial charge is 0.224 e. The third-order valence-corrected chi connectivity index (χ3v) is 4.13. The van der Waals surface area contributed by atoms with Crippen molar-refractivity contribution in [2.45, 2.75) is 11.3 Å². The molecule has 0 fully saturated rings. The van der Waals surface area contributed by atoms with Gasteiger partial charge in [-0.05, 0) is 24.3 Å². The summed E-state index contributed by atoms with van der Waals surface area (Å²) in [5.41, 5.74) is 0.650. The number of hydrogen-bond acceptors (Lipinski definition) is 6. The minimum absolute atomic E-state index is 0.0617. The average Bonchev–Trinajstić information content (AvgIpc) is 2.46. The van der Waals surface area contributed by atoms with Crippen molar-refractivity contribution < 1.29 is 8.42 Å². The number of sulfone groups is 1. The van der Waals surface area contributed by atoms with E-state index in [4.69, 9.17) is 6.42 Å². The van der Waals surface area contributed by atoms with Crippen LogP contribution in [0.5, 0.6) is 0 Å². The topological polar surface area (TPSA) is 85.7 Å². The number of hydrogen-bond donors (Lipinski definition) is 0. The molecule has 0 radical (unpaired) electrons. The molecule has 7 heteroatoms. The molecule has 2 aromatic rings. The van der Waals surface area contributed by atoms with Crippen LogP contribution in [0.3, 0.4) is 0 Å². The van der Waals surface area contributed by atoms with E-state index >= 15 is 0 Å². The molecular weight excluding hydrogens is 264 g/mol. The third kappa shape index (κ3) is 3.11. The van der Waals surface area contributed by atoms with Crippen molar-refractivity contribution in [2.24, 2.45) is 0 Å². The first-order valence-electron chi connectivity index (χ1n) is 5.40. The molecule has 0 bridgehead atoms. The van der Waals surface area contributed by atoms with E-state index in [-0.39, 0.29) is 17.1 Å². The zero-order chi connectivity index (χ0) is 13.7. The Balaban J connectivity index is 2.27. The highest BCUT2D eigenvalue weighted by molar-refractivity contribution is 7.91. The normalized spacial score (nSPS) is 10.9. The molecule has 0 atom stereocenters. The van der Waals surface area contributed by atoms with Gasteiger partial charge in [0.15, 0.2) is 16.2 Å². The Labute approximate surface area is 110 Å². The summed E-state index contributed by atoms with van der Waals surface area (Å²) in [7, 11) is -3.34. The second-order valence-electron chi connectivity index (χ2n) is 3.67. The summed E-state index contributed by atoms with van der Waals surface area (Å²) in [6, 6.07) is 6.22. The van der Waals surface area contributed by atoms with E-state index in [0.29, 0.717) is 11.4 Å². The lowest BCUT2D eigenvalue weighted by atomic mass is 10.2. The predicted molar refractivity (Wildman–Crippen MR) is 68.6 cm³/mol. The van der Waals surface area contributed by atoms with E-state index in [9.17, 15) is 8.42 Å². The number of benzene rings is 1. The maximum atomic E-state index is 11.9. The molecule has 0 saturated heterocycles. The van der Waals surface area contributed by atoms with E-state index in [1.165, 1.54) is 18.5 Å². The van der Waals surface area contributed by atoms with Gasteiger partial charge >= 0.3 is 0 Å². The Kier molecular flexibility index (Phi) is 3.82. The Morgan fingerprint density at radius 3 is 2.32 bits per heavy atom. The minimum Gasteiger partial charge on any atom is -0.224 e. The monoisotopic (exact) mass is 274 g/mol. The molecule has 0 spiro atoms. The summed E-state index contributed by atoms with van der Waals surface area (Å²) in [4.78, 5) is 0.225. The highest BCUT2D eigenvalue weighted by atomic mass is 32.2. The maximum Gasteiger partial charge on any atom is 0.203 e. The molecule has 0 aliphatic carbocycles. The summed E-state index contributed by atoms with van der Waals surface area (Å²) in [5, 5.41) is 14.8. The van der Waals surface area contributed by atoms with Gasteiger partial charge in [0, 0.05) is 12.0 Å². The highest BCUT2D eigenvalue weighted by Gasteiger charge is 2.13. The van der Waals surface area contributed by atoms with Crippen LogP contribution in [-0.2, 0) is 9.84 Å². The summed E-state index contributed by atoms with van der Waals surface area (Å²) in [6.45, 7) is 0. The molecule has 2 rings (SSSR count). The fourth-order valence-electron chi connectivity index (χ4n) is 1.44. The fourth-order valence-corrected chi connectivity index (χ4v) is 2.62. The molecule has 1 aromatic heterocycles. The van der Waals surface area contributed by atoms with E-state index in [1.54, 1.807) is 12.1 Å². The van der Waals surface area contributed by atoms with Crippen molar-refractivity contribution in [3.05, 3.63) is 30.6 Å². The van der Waals surface area contributed by atoms with Crippen LogP contribution in [0.1, 0.15) is 6.42 Å². The van der Waals surface area contributed by atoms with Crippen LogP contribution in [0.4, 0.5) is 0 Å². The van der Waals surface area contributed by atoms with Gasteiger partial charge in [-0.25, -0.2) is 8.42 Å².